The molecule has 0 spiro atoms. The van der Waals surface area contributed by atoms with Gasteiger partial charge in [-0.25, -0.2) is 9.67 Å². The lowest BCUT2D eigenvalue weighted by atomic mass is 10.1. The highest BCUT2D eigenvalue weighted by atomic mass is 35.5. The molecule has 0 aliphatic carbocycles. The molecule has 0 bridgehead atoms. The Morgan fingerprint density at radius 1 is 1.10 bits per heavy atom. The fourth-order valence-corrected chi connectivity index (χ4v) is 3.17. The van der Waals surface area contributed by atoms with Crippen LogP contribution in [0.25, 0.3) is 17.2 Å². The van der Waals surface area contributed by atoms with Crippen LogP contribution in [0.5, 0.6) is 0 Å². The number of carbonyl (C=O) groups is 1. The van der Waals surface area contributed by atoms with Gasteiger partial charge >= 0.3 is 6.18 Å². The summed E-state index contributed by atoms with van der Waals surface area (Å²) in [6.45, 7) is 0. The minimum absolute atomic E-state index is 0.136. The summed E-state index contributed by atoms with van der Waals surface area (Å²) in [6, 6.07) is 7.34. The van der Waals surface area contributed by atoms with Crippen molar-refractivity contribution in [3.05, 3.63) is 70.4 Å². The zero-order chi connectivity index (χ0) is 22.2. The van der Waals surface area contributed by atoms with Crippen molar-refractivity contribution in [2.24, 2.45) is 0 Å². The van der Waals surface area contributed by atoms with Crippen molar-refractivity contribution in [2.75, 3.05) is 5.32 Å². The van der Waals surface area contributed by atoms with E-state index in [0.29, 0.717) is 16.1 Å². The van der Waals surface area contributed by atoms with Crippen LogP contribution in [0.4, 0.5) is 18.9 Å². The van der Waals surface area contributed by atoms with Gasteiger partial charge in [0, 0.05) is 17.4 Å². The summed E-state index contributed by atoms with van der Waals surface area (Å²) in [5, 5.41) is 9.72. The van der Waals surface area contributed by atoms with Gasteiger partial charge in [-0.15, -0.1) is 0 Å². The molecule has 0 radical (unpaired) electrons. The monoisotopic (exact) mass is 468 g/mol. The van der Waals surface area contributed by atoms with Crippen molar-refractivity contribution in [1.82, 2.24) is 24.9 Å². The van der Waals surface area contributed by atoms with E-state index in [1.165, 1.54) is 18.2 Å². The average Bonchev–Trinajstić information content (AvgIpc) is 3.38. The molecule has 1 N–H and O–H groups in total. The van der Waals surface area contributed by atoms with E-state index in [0.717, 1.165) is 18.8 Å². The number of nitrogens with zero attached hydrogens (tertiary/aromatic N) is 5. The fourth-order valence-electron chi connectivity index (χ4n) is 2.71. The molecule has 8 nitrogen and oxygen atoms in total. The lowest BCUT2D eigenvalue weighted by Crippen LogP contribution is -2.21. The van der Waals surface area contributed by atoms with E-state index in [4.69, 9.17) is 23.2 Å². The number of carbonyl (C=O) groups excluding carboxylic acids is 1. The van der Waals surface area contributed by atoms with Crippen molar-refractivity contribution in [2.45, 2.75) is 6.18 Å². The second kappa shape index (κ2) is 8.00. The molecule has 3 aromatic heterocycles. The first kappa shape index (κ1) is 20.8. The number of halogens is 5. The van der Waals surface area contributed by atoms with E-state index >= 15 is 0 Å². The quantitative estimate of drug-likeness (QED) is 0.457. The summed E-state index contributed by atoms with van der Waals surface area (Å²) in [6.07, 6.45) is -1.85. The largest absolute Gasteiger partial charge is 0.434 e. The molecule has 0 saturated heterocycles. The molecule has 0 saturated carbocycles. The van der Waals surface area contributed by atoms with E-state index in [1.807, 2.05) is 0 Å². The highest BCUT2D eigenvalue weighted by molar-refractivity contribution is 6.35. The molecule has 31 heavy (non-hydrogen) atoms. The second-order valence-corrected chi connectivity index (χ2v) is 6.91. The first-order valence-electron chi connectivity index (χ1n) is 8.39. The van der Waals surface area contributed by atoms with Crippen molar-refractivity contribution in [3.63, 3.8) is 0 Å². The Morgan fingerprint density at radius 3 is 2.45 bits per heavy atom. The van der Waals surface area contributed by atoms with Crippen LogP contribution in [0.3, 0.4) is 0 Å². The normalized spacial score (nSPS) is 11.5. The second-order valence-electron chi connectivity index (χ2n) is 6.06. The number of hydrogen-bond donors (Lipinski definition) is 1. The maximum Gasteiger partial charge on any atom is 0.434 e. The number of aromatic nitrogens is 5. The van der Waals surface area contributed by atoms with E-state index < -0.39 is 23.3 Å². The number of benzene rings is 1. The molecule has 4 rings (SSSR count). The lowest BCUT2D eigenvalue weighted by Gasteiger charge is -2.13. The minimum atomic E-state index is -4.92. The van der Waals surface area contributed by atoms with Gasteiger partial charge in [0.1, 0.15) is 0 Å². The Labute approximate surface area is 181 Å². The number of nitrogens with one attached hydrogen (secondary N) is 1. The Morgan fingerprint density at radius 2 is 1.84 bits per heavy atom. The third-order valence-corrected chi connectivity index (χ3v) is 4.52. The molecule has 3 heterocycles. The SMILES string of the molecule is O=C(Nc1ccc(-c2ncon2)cc1)c1cnn(-c2ncc(Cl)cc2Cl)c1C(F)(F)F. The number of alkyl halides is 3. The van der Waals surface area contributed by atoms with E-state index in [1.54, 1.807) is 12.1 Å². The summed E-state index contributed by atoms with van der Waals surface area (Å²) < 4.78 is 46.5. The van der Waals surface area contributed by atoms with Crippen LogP contribution in [0, 0.1) is 0 Å². The van der Waals surface area contributed by atoms with Crippen LogP contribution in [-0.2, 0) is 6.18 Å². The molecular formula is C18H9Cl2F3N6O2. The molecule has 0 atom stereocenters. The fraction of sp³-hybridized carbons (Fsp3) is 0.0556. The summed E-state index contributed by atoms with van der Waals surface area (Å²) in [7, 11) is 0. The maximum atomic E-state index is 13.8. The van der Waals surface area contributed by atoms with Gasteiger partial charge in [-0.1, -0.05) is 28.4 Å². The highest BCUT2D eigenvalue weighted by Crippen LogP contribution is 2.35. The molecule has 0 fully saturated rings. The zero-order valence-electron chi connectivity index (χ0n) is 15.1. The summed E-state index contributed by atoms with van der Waals surface area (Å²) in [5.74, 6) is -1.01. The Bertz CT molecular complexity index is 1240. The first-order chi connectivity index (χ1) is 14.7. The summed E-state index contributed by atoms with van der Waals surface area (Å²) in [4.78, 5) is 20.3. The number of rotatable bonds is 4. The predicted octanol–water partition coefficient (Wildman–Crippen LogP) is 4.90. The van der Waals surface area contributed by atoms with Crippen molar-refractivity contribution in [1.29, 1.82) is 0 Å². The number of hydrogen-bond acceptors (Lipinski definition) is 6. The van der Waals surface area contributed by atoms with Gasteiger partial charge in [-0.2, -0.15) is 23.3 Å². The van der Waals surface area contributed by atoms with Gasteiger partial charge in [0.25, 0.3) is 5.91 Å². The number of anilines is 1. The summed E-state index contributed by atoms with van der Waals surface area (Å²) in [5.41, 5.74) is -1.19. The van der Waals surface area contributed by atoms with Crippen molar-refractivity contribution >= 4 is 34.8 Å². The third-order valence-electron chi connectivity index (χ3n) is 4.03. The van der Waals surface area contributed by atoms with E-state index in [2.05, 4.69) is 30.1 Å². The smallest absolute Gasteiger partial charge is 0.342 e. The Balaban J connectivity index is 1.66. The van der Waals surface area contributed by atoms with Crippen LogP contribution in [0.15, 0.2) is 53.6 Å². The lowest BCUT2D eigenvalue weighted by molar-refractivity contribution is -0.143. The van der Waals surface area contributed by atoms with E-state index in [9.17, 15) is 18.0 Å². The van der Waals surface area contributed by atoms with Crippen LogP contribution in [0.1, 0.15) is 16.1 Å². The summed E-state index contributed by atoms with van der Waals surface area (Å²) >= 11 is 11.7. The minimum Gasteiger partial charge on any atom is -0.342 e. The van der Waals surface area contributed by atoms with Crippen LogP contribution in [0.2, 0.25) is 10.0 Å². The van der Waals surface area contributed by atoms with Gasteiger partial charge in [0.2, 0.25) is 12.2 Å². The maximum absolute atomic E-state index is 13.8. The van der Waals surface area contributed by atoms with Gasteiger partial charge in [0.15, 0.2) is 11.5 Å². The van der Waals surface area contributed by atoms with Gasteiger partial charge in [0.05, 0.1) is 21.8 Å². The molecule has 1 aromatic carbocycles. The van der Waals surface area contributed by atoms with Crippen molar-refractivity contribution in [3.8, 4) is 17.2 Å². The molecular weight excluding hydrogens is 460 g/mol. The predicted molar refractivity (Wildman–Crippen MR) is 104 cm³/mol. The highest BCUT2D eigenvalue weighted by Gasteiger charge is 2.41. The average molecular weight is 469 g/mol. The number of amides is 1. The molecule has 13 heteroatoms. The molecule has 0 aliphatic heterocycles. The van der Waals surface area contributed by atoms with Gasteiger partial charge in [-0.3, -0.25) is 4.79 Å². The molecule has 158 valence electrons. The van der Waals surface area contributed by atoms with Crippen molar-refractivity contribution < 1.29 is 22.5 Å². The Kier molecular flexibility index (Phi) is 5.38. The van der Waals surface area contributed by atoms with Crippen LogP contribution < -0.4 is 5.32 Å². The standard InChI is InChI=1S/C18H9Cl2F3N6O2/c19-10-5-13(20)16(24-6-10)29-14(18(21,22)23)12(7-26-29)17(30)27-11-3-1-9(2-4-11)15-25-8-31-28-15/h1-8H,(H,27,30). The molecule has 0 unspecified atom stereocenters. The van der Waals surface area contributed by atoms with E-state index in [-0.39, 0.29) is 21.6 Å². The Hall–Kier alpha value is -3.44. The number of pyridine rings is 1. The third kappa shape index (κ3) is 4.23. The molecule has 0 aliphatic rings. The first-order valence-corrected chi connectivity index (χ1v) is 9.14. The van der Waals surface area contributed by atoms with Crippen LogP contribution >= 0.6 is 23.2 Å². The zero-order valence-corrected chi connectivity index (χ0v) is 16.6. The topological polar surface area (TPSA) is 98.7 Å². The molecule has 1 amide bonds. The molecule has 4 aromatic rings. The van der Waals surface area contributed by atoms with Gasteiger partial charge in [-0.05, 0) is 30.3 Å². The van der Waals surface area contributed by atoms with Gasteiger partial charge < -0.3 is 9.84 Å². The van der Waals surface area contributed by atoms with Crippen LogP contribution in [-0.4, -0.2) is 30.8 Å².